The number of rotatable bonds is 1. The Bertz CT molecular complexity index is 353. The van der Waals surface area contributed by atoms with Gasteiger partial charge in [0.05, 0.1) is 17.9 Å². The van der Waals surface area contributed by atoms with Gasteiger partial charge in [-0.2, -0.15) is 5.10 Å². The van der Waals surface area contributed by atoms with Gasteiger partial charge in [-0.25, -0.2) is 0 Å². The van der Waals surface area contributed by atoms with Crippen LogP contribution in [0.3, 0.4) is 0 Å². The van der Waals surface area contributed by atoms with Crippen LogP contribution in [0.5, 0.6) is 0 Å². The van der Waals surface area contributed by atoms with Crippen LogP contribution in [0.15, 0.2) is 18.7 Å². The molecule has 0 saturated carbocycles. The molecule has 1 aliphatic rings. The summed E-state index contributed by atoms with van der Waals surface area (Å²) >= 11 is 0. The van der Waals surface area contributed by atoms with E-state index in [0.717, 1.165) is 12.2 Å². The monoisotopic (exact) mass is 191 g/mol. The summed E-state index contributed by atoms with van der Waals surface area (Å²) in [6, 6.07) is 2.99. The molecule has 76 valence electrons. The first kappa shape index (κ1) is 9.46. The molecule has 0 spiro atoms. The van der Waals surface area contributed by atoms with Crippen LogP contribution in [0.1, 0.15) is 24.4 Å². The fourth-order valence-corrected chi connectivity index (χ4v) is 2.09. The maximum absolute atomic E-state index is 4.48. The minimum absolute atomic E-state index is 0.400. The summed E-state index contributed by atoms with van der Waals surface area (Å²) in [5.41, 5.74) is 2.41. The number of nitrogens with zero attached hydrogens (tertiary/aromatic N) is 3. The summed E-state index contributed by atoms with van der Waals surface area (Å²) in [4.78, 5) is 2.34. The van der Waals surface area contributed by atoms with Crippen LogP contribution in [-0.2, 0) is 6.54 Å². The lowest BCUT2D eigenvalue weighted by molar-refractivity contribution is 0.156. The fourth-order valence-electron chi connectivity index (χ4n) is 2.09. The van der Waals surface area contributed by atoms with Crippen molar-refractivity contribution in [1.29, 1.82) is 0 Å². The van der Waals surface area contributed by atoms with Crippen molar-refractivity contribution in [2.45, 2.75) is 32.5 Å². The van der Waals surface area contributed by atoms with Crippen LogP contribution in [0.4, 0.5) is 0 Å². The van der Waals surface area contributed by atoms with Crippen LogP contribution in [0, 0.1) is 6.92 Å². The smallest absolute Gasteiger partial charge is 0.0604 e. The molecule has 1 aromatic rings. The molecule has 0 bridgehead atoms. The molecule has 3 heteroatoms. The number of aromatic nitrogens is 2. The molecule has 0 radical (unpaired) electrons. The predicted molar refractivity (Wildman–Crippen MR) is 57.1 cm³/mol. The van der Waals surface area contributed by atoms with Crippen LogP contribution in [0.2, 0.25) is 0 Å². The van der Waals surface area contributed by atoms with Gasteiger partial charge in [0.15, 0.2) is 0 Å². The summed E-state index contributed by atoms with van der Waals surface area (Å²) in [6.45, 7) is 9.04. The van der Waals surface area contributed by atoms with Gasteiger partial charge in [-0.05, 0) is 27.0 Å². The molecule has 0 aliphatic carbocycles. The molecular weight excluding hydrogens is 174 g/mol. The summed E-state index contributed by atoms with van der Waals surface area (Å²) in [5.74, 6) is 0. The first-order valence-corrected chi connectivity index (χ1v) is 5.02. The maximum atomic E-state index is 4.48. The molecule has 0 unspecified atom stereocenters. The summed E-state index contributed by atoms with van der Waals surface area (Å²) < 4.78 is 2.10. The Morgan fingerprint density at radius 1 is 1.64 bits per heavy atom. The normalized spacial score (nSPS) is 27.4. The third-order valence-corrected chi connectivity index (χ3v) is 3.13. The van der Waals surface area contributed by atoms with E-state index in [1.54, 1.807) is 0 Å². The van der Waals surface area contributed by atoms with Gasteiger partial charge in [0.25, 0.3) is 0 Å². The van der Waals surface area contributed by atoms with Gasteiger partial charge in [-0.15, -0.1) is 6.58 Å². The molecule has 0 amide bonds. The van der Waals surface area contributed by atoms with E-state index in [1.165, 1.54) is 5.69 Å². The highest BCUT2D eigenvalue weighted by atomic mass is 15.4. The third-order valence-electron chi connectivity index (χ3n) is 3.13. The second kappa shape index (κ2) is 3.24. The molecule has 3 nitrogen and oxygen atoms in total. The van der Waals surface area contributed by atoms with E-state index in [0.29, 0.717) is 12.1 Å². The lowest BCUT2D eigenvalue weighted by Crippen LogP contribution is -2.41. The van der Waals surface area contributed by atoms with E-state index in [1.807, 2.05) is 13.0 Å². The Labute approximate surface area is 85.0 Å². The predicted octanol–water partition coefficient (Wildman–Crippen LogP) is 1.75. The molecule has 1 aliphatic heterocycles. The summed E-state index contributed by atoms with van der Waals surface area (Å²) in [6.07, 6.45) is 2.00. The number of fused-ring (bicyclic) bond motifs is 1. The van der Waals surface area contributed by atoms with Crippen molar-refractivity contribution < 1.29 is 0 Å². The second-order valence-corrected chi connectivity index (χ2v) is 4.04. The molecule has 0 saturated heterocycles. The van der Waals surface area contributed by atoms with Gasteiger partial charge < -0.3 is 0 Å². The van der Waals surface area contributed by atoms with Crippen LogP contribution in [0.25, 0.3) is 0 Å². The highest BCUT2D eigenvalue weighted by Crippen LogP contribution is 2.27. The second-order valence-electron chi connectivity index (χ2n) is 4.04. The molecule has 2 rings (SSSR count). The summed E-state index contributed by atoms with van der Waals surface area (Å²) in [7, 11) is 2.14. The third kappa shape index (κ3) is 1.28. The van der Waals surface area contributed by atoms with Gasteiger partial charge in [0.1, 0.15) is 0 Å². The fraction of sp³-hybridized carbons (Fsp3) is 0.545. The van der Waals surface area contributed by atoms with Crippen molar-refractivity contribution in [3.8, 4) is 0 Å². The zero-order valence-electron chi connectivity index (χ0n) is 9.07. The van der Waals surface area contributed by atoms with Gasteiger partial charge in [-0.3, -0.25) is 9.58 Å². The molecule has 1 aromatic heterocycles. The number of aryl methyl sites for hydroxylation is 1. The van der Waals surface area contributed by atoms with Crippen molar-refractivity contribution in [3.05, 3.63) is 30.1 Å². The Morgan fingerprint density at radius 3 is 3.00 bits per heavy atom. The molecule has 0 aromatic carbocycles. The first-order valence-electron chi connectivity index (χ1n) is 5.02. The van der Waals surface area contributed by atoms with E-state index in [-0.39, 0.29) is 0 Å². The number of likely N-dealkylation sites (N-methyl/N-ethyl adjacent to an activating group) is 1. The van der Waals surface area contributed by atoms with Gasteiger partial charge in [0.2, 0.25) is 0 Å². The first-order chi connectivity index (χ1) is 6.63. The van der Waals surface area contributed by atoms with E-state index in [2.05, 4.69) is 41.3 Å². The highest BCUT2D eigenvalue weighted by Gasteiger charge is 2.28. The number of hydrogen-bond acceptors (Lipinski definition) is 2. The lowest BCUT2D eigenvalue weighted by Gasteiger charge is -2.36. The van der Waals surface area contributed by atoms with Crippen molar-refractivity contribution in [2.24, 2.45) is 0 Å². The molecule has 2 atom stereocenters. The highest BCUT2D eigenvalue weighted by molar-refractivity contribution is 5.16. The minimum atomic E-state index is 0.400. The summed E-state index contributed by atoms with van der Waals surface area (Å²) in [5, 5.41) is 4.48. The van der Waals surface area contributed by atoms with Crippen LogP contribution < -0.4 is 0 Å². The standard InChI is InChI=1S/C11H17N3/c1-5-10-7-14-11(6-8(2)12-14)9(3)13(10)4/h5-6,9-10H,1,7H2,2-4H3/t9-,10+/m1/s1. The van der Waals surface area contributed by atoms with E-state index < -0.39 is 0 Å². The minimum Gasteiger partial charge on any atom is -0.290 e. The molecule has 14 heavy (non-hydrogen) atoms. The largest absolute Gasteiger partial charge is 0.290 e. The Kier molecular flexibility index (Phi) is 2.19. The molecule has 2 heterocycles. The van der Waals surface area contributed by atoms with Crippen molar-refractivity contribution >= 4 is 0 Å². The van der Waals surface area contributed by atoms with Crippen LogP contribution >= 0.6 is 0 Å². The Morgan fingerprint density at radius 2 is 2.36 bits per heavy atom. The van der Waals surface area contributed by atoms with E-state index >= 15 is 0 Å². The maximum Gasteiger partial charge on any atom is 0.0604 e. The SMILES string of the molecule is C=C[C@H]1Cn2nc(C)cc2[C@@H](C)N1C. The lowest BCUT2D eigenvalue weighted by atomic mass is 10.1. The van der Waals surface area contributed by atoms with Crippen molar-refractivity contribution in [1.82, 2.24) is 14.7 Å². The molecule has 0 fully saturated rings. The zero-order chi connectivity index (χ0) is 10.3. The Hall–Kier alpha value is -1.09. The van der Waals surface area contributed by atoms with Gasteiger partial charge >= 0.3 is 0 Å². The van der Waals surface area contributed by atoms with Crippen molar-refractivity contribution in [2.75, 3.05) is 7.05 Å². The molecule has 0 N–H and O–H groups in total. The van der Waals surface area contributed by atoms with Gasteiger partial charge in [-0.1, -0.05) is 6.08 Å². The van der Waals surface area contributed by atoms with Crippen molar-refractivity contribution in [3.63, 3.8) is 0 Å². The molecular formula is C11H17N3. The number of hydrogen-bond donors (Lipinski definition) is 0. The average Bonchev–Trinajstić information content (AvgIpc) is 2.52. The van der Waals surface area contributed by atoms with Gasteiger partial charge in [0, 0.05) is 12.1 Å². The van der Waals surface area contributed by atoms with E-state index in [4.69, 9.17) is 0 Å². The van der Waals surface area contributed by atoms with E-state index in [9.17, 15) is 0 Å². The quantitative estimate of drug-likeness (QED) is 0.631. The average molecular weight is 191 g/mol. The Balaban J connectivity index is 2.41. The zero-order valence-corrected chi connectivity index (χ0v) is 9.07. The van der Waals surface area contributed by atoms with Crippen LogP contribution in [-0.4, -0.2) is 27.8 Å². The topological polar surface area (TPSA) is 21.1 Å².